The van der Waals surface area contributed by atoms with Crippen molar-refractivity contribution in [3.05, 3.63) is 34.7 Å². The lowest BCUT2D eigenvalue weighted by Gasteiger charge is -2.08. The smallest absolute Gasteiger partial charge is 0.308 e. The lowest BCUT2D eigenvalue weighted by Crippen LogP contribution is -2.21. The first kappa shape index (κ1) is 19.5. The minimum Gasteiger partial charge on any atom is -0.481 e. The van der Waals surface area contributed by atoms with Gasteiger partial charge in [0.2, 0.25) is 0 Å². The summed E-state index contributed by atoms with van der Waals surface area (Å²) in [7, 11) is 2.40. The number of ether oxygens (including phenoxy) is 2. The third-order valence-corrected chi connectivity index (χ3v) is 2.80. The van der Waals surface area contributed by atoms with E-state index in [1.54, 1.807) is 6.07 Å². The van der Waals surface area contributed by atoms with Crippen molar-refractivity contribution >= 4 is 5.97 Å². The molecule has 0 radical (unpaired) electrons. The maximum Gasteiger partial charge on any atom is 0.308 e. The van der Waals surface area contributed by atoms with Gasteiger partial charge >= 0.3 is 5.97 Å². The monoisotopic (exact) mass is 307 g/mol. The highest BCUT2D eigenvalue weighted by Gasteiger charge is 2.11. The fourth-order valence-electron chi connectivity index (χ4n) is 1.61. The number of methoxy groups -OCH3 is 2. The molecule has 0 unspecified atom stereocenters. The molecule has 0 atom stereocenters. The Bertz CT molecular complexity index is 466. The Morgan fingerprint density at radius 1 is 1.36 bits per heavy atom. The van der Waals surface area contributed by atoms with Crippen LogP contribution in [-0.2, 0) is 14.3 Å². The zero-order valence-corrected chi connectivity index (χ0v) is 12.9. The second-order valence-electron chi connectivity index (χ2n) is 4.35. The highest BCUT2D eigenvalue weighted by molar-refractivity contribution is 5.74. The molecule has 120 valence electrons. The van der Waals surface area contributed by atoms with Crippen LogP contribution >= 0.6 is 0 Å². The minimum absolute atomic E-state index is 0.0451. The van der Waals surface area contributed by atoms with Crippen molar-refractivity contribution in [1.82, 2.24) is 5.32 Å². The summed E-state index contributed by atoms with van der Waals surface area (Å²) in [4.78, 5) is 13.9. The van der Waals surface area contributed by atoms with E-state index in [1.165, 1.54) is 46.6 Å². The number of hydrogen-bond donors (Lipinski definition) is 2. The molecule has 7 heteroatoms. The number of nitrogens with zero attached hydrogens (tertiary/aromatic N) is 2. The molecule has 1 saturated heterocycles. The van der Waals surface area contributed by atoms with E-state index in [0.717, 1.165) is 6.08 Å². The second-order valence-corrected chi connectivity index (χ2v) is 4.35. The van der Waals surface area contributed by atoms with Gasteiger partial charge in [-0.15, -0.1) is 0 Å². The number of carbonyl (C=O) groups excluding carboxylic acids is 1. The molecular formula is C15H21N3O4. The molecule has 2 N–H and O–H groups in total. The standard InChI is InChI=1S/C10H10N2O4.C5H11N/c1-12-8(6-11)7(4-9(13)15-2)5-10(14)16-3;1-2-4-6-5-3-1/h4,13H,5H2,2-3H3;6H,1-5H2/b8-7-,9-4+;. The summed E-state index contributed by atoms with van der Waals surface area (Å²) in [6, 6.07) is 1.62. The fraction of sp³-hybridized carbons (Fsp3) is 0.533. The maximum atomic E-state index is 11.0. The average Bonchev–Trinajstić information content (AvgIpc) is 2.57. The van der Waals surface area contributed by atoms with E-state index in [0.29, 0.717) is 0 Å². The molecule has 22 heavy (non-hydrogen) atoms. The number of allylic oxidation sites excluding steroid dienone is 2. The number of piperidine rings is 1. The zero-order valence-electron chi connectivity index (χ0n) is 12.9. The van der Waals surface area contributed by atoms with Gasteiger partial charge in [0.1, 0.15) is 0 Å². The van der Waals surface area contributed by atoms with Gasteiger partial charge in [0.15, 0.2) is 0 Å². The Labute approximate surface area is 130 Å². The first-order valence-corrected chi connectivity index (χ1v) is 6.81. The Morgan fingerprint density at radius 2 is 2.00 bits per heavy atom. The van der Waals surface area contributed by atoms with Crippen LogP contribution in [0, 0.1) is 17.9 Å². The molecule has 0 aromatic heterocycles. The molecule has 1 aliphatic rings. The van der Waals surface area contributed by atoms with E-state index in [1.807, 2.05) is 0 Å². The molecule has 0 aromatic carbocycles. The summed E-state index contributed by atoms with van der Waals surface area (Å²) in [5.41, 5.74) is -0.252. The van der Waals surface area contributed by atoms with Crippen LogP contribution in [0.5, 0.6) is 0 Å². The quantitative estimate of drug-likeness (QED) is 0.271. The van der Waals surface area contributed by atoms with E-state index in [-0.39, 0.29) is 17.7 Å². The van der Waals surface area contributed by atoms with E-state index < -0.39 is 11.9 Å². The fourth-order valence-corrected chi connectivity index (χ4v) is 1.61. The van der Waals surface area contributed by atoms with Crippen LogP contribution in [0.1, 0.15) is 25.7 Å². The Hall–Kier alpha value is -2.51. The number of nitrogens with one attached hydrogen (secondary N) is 1. The number of aliphatic hydroxyl groups excluding tert-OH is 1. The van der Waals surface area contributed by atoms with Crippen molar-refractivity contribution in [2.24, 2.45) is 0 Å². The number of hydrogen-bond acceptors (Lipinski definition) is 6. The number of nitriles is 1. The van der Waals surface area contributed by atoms with E-state index in [9.17, 15) is 4.79 Å². The summed E-state index contributed by atoms with van der Waals surface area (Å²) in [5.74, 6) is -1.11. The van der Waals surface area contributed by atoms with Gasteiger partial charge in [-0.2, -0.15) is 0 Å². The zero-order chi connectivity index (χ0) is 16.8. The van der Waals surface area contributed by atoms with Gasteiger partial charge in [-0.3, -0.25) is 4.79 Å². The summed E-state index contributed by atoms with van der Waals surface area (Å²) >= 11 is 0. The summed E-state index contributed by atoms with van der Waals surface area (Å²) in [5, 5.41) is 21.0. The van der Waals surface area contributed by atoms with Crippen LogP contribution in [0.3, 0.4) is 0 Å². The van der Waals surface area contributed by atoms with Crippen LogP contribution in [0.15, 0.2) is 23.3 Å². The van der Waals surface area contributed by atoms with Crippen molar-refractivity contribution in [2.45, 2.75) is 25.7 Å². The molecule has 0 amide bonds. The normalized spacial score (nSPS) is 15.2. The van der Waals surface area contributed by atoms with Crippen LogP contribution in [0.25, 0.3) is 4.85 Å². The van der Waals surface area contributed by atoms with Crippen molar-refractivity contribution < 1.29 is 19.4 Å². The van der Waals surface area contributed by atoms with Crippen LogP contribution in [0.2, 0.25) is 0 Å². The molecule has 0 spiro atoms. The van der Waals surface area contributed by atoms with Crippen LogP contribution in [0.4, 0.5) is 0 Å². The molecule has 1 aliphatic heterocycles. The first-order chi connectivity index (χ1) is 10.6. The molecule has 0 saturated carbocycles. The topological polar surface area (TPSA) is 95.9 Å². The van der Waals surface area contributed by atoms with E-state index in [2.05, 4.69) is 19.6 Å². The lowest BCUT2D eigenvalue weighted by molar-refractivity contribution is -0.139. The summed E-state index contributed by atoms with van der Waals surface area (Å²) in [6.07, 6.45) is 4.97. The Kier molecular flexibility index (Phi) is 10.9. The third-order valence-electron chi connectivity index (χ3n) is 2.80. The predicted molar refractivity (Wildman–Crippen MR) is 80.3 cm³/mol. The molecule has 7 nitrogen and oxygen atoms in total. The minimum atomic E-state index is -0.619. The first-order valence-electron chi connectivity index (χ1n) is 6.81. The van der Waals surface area contributed by atoms with Gasteiger partial charge in [-0.1, -0.05) is 6.42 Å². The maximum absolute atomic E-state index is 11.0. The van der Waals surface area contributed by atoms with Crippen molar-refractivity contribution in [3.8, 4) is 6.07 Å². The lowest BCUT2D eigenvalue weighted by atomic mass is 10.1. The summed E-state index contributed by atoms with van der Waals surface area (Å²) in [6.45, 7) is 9.23. The SMILES string of the molecule is C1CCNCC1.[C-]#[N+]/C(C#N)=C(/C=C(\O)OC)CC(=O)OC. The van der Waals surface area contributed by atoms with Crippen LogP contribution < -0.4 is 5.32 Å². The largest absolute Gasteiger partial charge is 0.481 e. The molecule has 1 rings (SSSR count). The molecule has 1 heterocycles. The number of esters is 1. The Balaban J connectivity index is 0.000000604. The highest BCUT2D eigenvalue weighted by atomic mass is 16.6. The van der Waals surface area contributed by atoms with Crippen LogP contribution in [-0.4, -0.2) is 38.4 Å². The molecular weight excluding hydrogens is 286 g/mol. The van der Waals surface area contributed by atoms with Gasteiger partial charge in [-0.05, 0) is 31.5 Å². The van der Waals surface area contributed by atoms with Crippen molar-refractivity contribution in [1.29, 1.82) is 5.26 Å². The van der Waals surface area contributed by atoms with Gasteiger partial charge in [-0.25, -0.2) is 10.1 Å². The number of aliphatic hydroxyl groups is 1. The molecule has 0 bridgehead atoms. The van der Waals surface area contributed by atoms with Gasteiger partial charge in [0.25, 0.3) is 11.6 Å². The summed E-state index contributed by atoms with van der Waals surface area (Å²) < 4.78 is 8.85. The third kappa shape index (κ3) is 8.62. The average molecular weight is 307 g/mol. The van der Waals surface area contributed by atoms with E-state index >= 15 is 0 Å². The number of rotatable bonds is 4. The number of carbonyl (C=O) groups is 1. The van der Waals surface area contributed by atoms with Crippen molar-refractivity contribution in [2.75, 3.05) is 27.3 Å². The van der Waals surface area contributed by atoms with Gasteiger partial charge in [0, 0.05) is 6.08 Å². The molecule has 0 aromatic rings. The van der Waals surface area contributed by atoms with Gasteiger partial charge in [0.05, 0.1) is 33.3 Å². The Morgan fingerprint density at radius 3 is 2.32 bits per heavy atom. The van der Waals surface area contributed by atoms with E-state index in [4.69, 9.17) is 16.9 Å². The van der Waals surface area contributed by atoms with Gasteiger partial charge < -0.3 is 19.9 Å². The molecule has 0 aliphatic carbocycles. The van der Waals surface area contributed by atoms with Crippen molar-refractivity contribution in [3.63, 3.8) is 0 Å². The highest BCUT2D eigenvalue weighted by Crippen LogP contribution is 2.14. The molecule has 1 fully saturated rings. The predicted octanol–water partition coefficient (Wildman–Crippen LogP) is 2.05. The second kappa shape index (κ2) is 12.2.